The number of benzene rings is 1. The van der Waals surface area contributed by atoms with Gasteiger partial charge in [0, 0.05) is 5.69 Å². The highest BCUT2D eigenvalue weighted by molar-refractivity contribution is 5.90. The van der Waals surface area contributed by atoms with E-state index in [9.17, 15) is 4.79 Å². The molecule has 0 amide bonds. The monoisotopic (exact) mass is 207 g/mol. The van der Waals surface area contributed by atoms with Crippen molar-refractivity contribution in [3.05, 3.63) is 29.3 Å². The quantitative estimate of drug-likeness (QED) is 0.612. The first-order valence-electron chi connectivity index (χ1n) is 5.11. The Kier molecular flexibility index (Phi) is 3.72. The highest BCUT2D eigenvalue weighted by atomic mass is 16.5. The molecule has 1 atom stereocenters. The molecule has 0 heterocycles. The second-order valence-electron chi connectivity index (χ2n) is 3.76. The molecule has 1 aromatic carbocycles. The Morgan fingerprint density at radius 1 is 1.47 bits per heavy atom. The van der Waals surface area contributed by atoms with Crippen LogP contribution < -0.4 is 5.73 Å². The summed E-state index contributed by atoms with van der Waals surface area (Å²) in [5.41, 5.74) is 7.73. The summed E-state index contributed by atoms with van der Waals surface area (Å²) in [6.07, 6.45) is 0.756. The normalized spacial score (nSPS) is 12.2. The van der Waals surface area contributed by atoms with Crippen molar-refractivity contribution in [1.82, 2.24) is 0 Å². The van der Waals surface area contributed by atoms with E-state index in [-0.39, 0.29) is 12.1 Å². The van der Waals surface area contributed by atoms with Crippen molar-refractivity contribution < 1.29 is 9.53 Å². The second kappa shape index (κ2) is 4.82. The van der Waals surface area contributed by atoms with E-state index in [0.717, 1.165) is 12.0 Å². The fourth-order valence-corrected chi connectivity index (χ4v) is 1.26. The van der Waals surface area contributed by atoms with Crippen molar-refractivity contribution in [2.24, 2.45) is 0 Å². The smallest absolute Gasteiger partial charge is 0.338 e. The highest BCUT2D eigenvalue weighted by Gasteiger charge is 2.11. The maximum Gasteiger partial charge on any atom is 0.338 e. The minimum Gasteiger partial charge on any atom is -0.459 e. The molecular weight excluding hydrogens is 190 g/mol. The molecule has 0 spiro atoms. The molecule has 0 radical (unpaired) electrons. The van der Waals surface area contributed by atoms with Gasteiger partial charge in [-0.25, -0.2) is 4.79 Å². The van der Waals surface area contributed by atoms with Crippen LogP contribution in [0.2, 0.25) is 0 Å². The van der Waals surface area contributed by atoms with Crippen LogP contribution in [0.15, 0.2) is 18.2 Å². The second-order valence-corrected chi connectivity index (χ2v) is 3.76. The van der Waals surface area contributed by atoms with E-state index in [1.807, 2.05) is 26.8 Å². The van der Waals surface area contributed by atoms with Gasteiger partial charge in [-0.1, -0.05) is 6.92 Å². The third-order valence-electron chi connectivity index (χ3n) is 2.22. The van der Waals surface area contributed by atoms with Gasteiger partial charge in [-0.15, -0.1) is 0 Å². The van der Waals surface area contributed by atoms with Gasteiger partial charge in [0.1, 0.15) is 0 Å². The van der Waals surface area contributed by atoms with Gasteiger partial charge in [0.15, 0.2) is 0 Å². The van der Waals surface area contributed by atoms with Gasteiger partial charge in [0.2, 0.25) is 0 Å². The lowest BCUT2D eigenvalue weighted by Crippen LogP contribution is -2.14. The predicted molar refractivity (Wildman–Crippen MR) is 60.8 cm³/mol. The van der Waals surface area contributed by atoms with Crippen LogP contribution in [0.1, 0.15) is 36.2 Å². The Hall–Kier alpha value is -1.51. The van der Waals surface area contributed by atoms with E-state index in [0.29, 0.717) is 11.3 Å². The molecule has 0 fully saturated rings. The molecule has 1 rings (SSSR count). The minimum atomic E-state index is -0.306. The molecule has 3 nitrogen and oxygen atoms in total. The molecular formula is C12H17NO2. The lowest BCUT2D eigenvalue weighted by atomic mass is 10.1. The third kappa shape index (κ3) is 3.27. The van der Waals surface area contributed by atoms with Crippen molar-refractivity contribution in [1.29, 1.82) is 0 Å². The van der Waals surface area contributed by atoms with E-state index in [1.54, 1.807) is 12.1 Å². The zero-order valence-corrected chi connectivity index (χ0v) is 9.41. The summed E-state index contributed by atoms with van der Waals surface area (Å²) < 4.78 is 5.20. The van der Waals surface area contributed by atoms with Crippen molar-refractivity contribution in [2.45, 2.75) is 33.3 Å². The van der Waals surface area contributed by atoms with Crippen LogP contribution >= 0.6 is 0 Å². The summed E-state index contributed by atoms with van der Waals surface area (Å²) in [6, 6.07) is 5.23. The molecule has 0 aliphatic carbocycles. The van der Waals surface area contributed by atoms with Crippen molar-refractivity contribution in [3.63, 3.8) is 0 Å². The van der Waals surface area contributed by atoms with E-state index >= 15 is 0 Å². The largest absolute Gasteiger partial charge is 0.459 e. The van der Waals surface area contributed by atoms with Crippen molar-refractivity contribution in [2.75, 3.05) is 5.73 Å². The molecule has 1 unspecified atom stereocenters. The Bertz CT molecular complexity index is 340. The Morgan fingerprint density at radius 3 is 2.67 bits per heavy atom. The SMILES string of the molecule is CCC(C)OC(=O)c1cc(C)cc(N)c1. The van der Waals surface area contributed by atoms with Crippen LogP contribution in [-0.2, 0) is 4.74 Å². The number of hydrogen-bond acceptors (Lipinski definition) is 3. The number of hydrogen-bond donors (Lipinski definition) is 1. The summed E-state index contributed by atoms with van der Waals surface area (Å²) in [5.74, 6) is -0.306. The number of carbonyl (C=O) groups excluding carboxylic acids is 1. The predicted octanol–water partition coefficient (Wildman–Crippen LogP) is 2.53. The van der Waals surface area contributed by atoms with Crippen LogP contribution in [0.4, 0.5) is 5.69 Å². The van der Waals surface area contributed by atoms with E-state index < -0.39 is 0 Å². The van der Waals surface area contributed by atoms with E-state index in [2.05, 4.69) is 0 Å². The number of carbonyl (C=O) groups is 1. The van der Waals surface area contributed by atoms with Crippen LogP contribution in [0.3, 0.4) is 0 Å². The number of esters is 1. The minimum absolute atomic E-state index is 0.0563. The highest BCUT2D eigenvalue weighted by Crippen LogP contribution is 2.13. The third-order valence-corrected chi connectivity index (χ3v) is 2.22. The topological polar surface area (TPSA) is 52.3 Å². The Labute approximate surface area is 90.2 Å². The first-order chi connectivity index (χ1) is 7.02. The average Bonchev–Trinajstić information content (AvgIpc) is 2.16. The van der Waals surface area contributed by atoms with Gasteiger partial charge in [0.05, 0.1) is 11.7 Å². The molecule has 0 aliphatic heterocycles. The molecule has 0 aliphatic rings. The molecule has 15 heavy (non-hydrogen) atoms. The molecule has 1 aromatic rings. The maximum atomic E-state index is 11.6. The van der Waals surface area contributed by atoms with Gasteiger partial charge < -0.3 is 10.5 Å². The lowest BCUT2D eigenvalue weighted by Gasteiger charge is -2.11. The molecule has 2 N–H and O–H groups in total. The van der Waals surface area contributed by atoms with Crippen molar-refractivity contribution >= 4 is 11.7 Å². The first-order valence-corrected chi connectivity index (χ1v) is 5.11. The molecule has 0 bridgehead atoms. The summed E-state index contributed by atoms with van der Waals surface area (Å²) in [7, 11) is 0. The Morgan fingerprint density at radius 2 is 2.13 bits per heavy atom. The molecule has 0 saturated carbocycles. The number of ether oxygens (including phenoxy) is 1. The summed E-state index contributed by atoms with van der Waals surface area (Å²) in [4.78, 5) is 11.6. The van der Waals surface area contributed by atoms with Gasteiger partial charge in [0.25, 0.3) is 0 Å². The maximum absolute atomic E-state index is 11.6. The fraction of sp³-hybridized carbons (Fsp3) is 0.417. The zero-order valence-electron chi connectivity index (χ0n) is 9.41. The number of nitrogen functional groups attached to an aromatic ring is 1. The van der Waals surface area contributed by atoms with Crippen LogP contribution in [0.25, 0.3) is 0 Å². The van der Waals surface area contributed by atoms with Gasteiger partial charge in [-0.2, -0.15) is 0 Å². The molecule has 82 valence electrons. The summed E-state index contributed by atoms with van der Waals surface area (Å²) in [6.45, 7) is 5.75. The Balaban J connectivity index is 2.82. The number of anilines is 1. The van der Waals surface area contributed by atoms with Crippen LogP contribution in [-0.4, -0.2) is 12.1 Å². The van der Waals surface area contributed by atoms with Crippen LogP contribution in [0, 0.1) is 6.92 Å². The average molecular weight is 207 g/mol. The standard InChI is InChI=1S/C12H17NO2/c1-4-9(3)15-12(14)10-5-8(2)6-11(13)7-10/h5-7,9H,4,13H2,1-3H3. The van der Waals surface area contributed by atoms with E-state index in [4.69, 9.17) is 10.5 Å². The fourth-order valence-electron chi connectivity index (χ4n) is 1.26. The van der Waals surface area contributed by atoms with Gasteiger partial charge >= 0.3 is 5.97 Å². The van der Waals surface area contributed by atoms with Crippen molar-refractivity contribution in [3.8, 4) is 0 Å². The number of aryl methyl sites for hydroxylation is 1. The van der Waals surface area contributed by atoms with E-state index in [1.165, 1.54) is 0 Å². The first kappa shape index (κ1) is 11.6. The van der Waals surface area contributed by atoms with Gasteiger partial charge in [-0.3, -0.25) is 0 Å². The zero-order chi connectivity index (χ0) is 11.4. The van der Waals surface area contributed by atoms with Crippen LogP contribution in [0.5, 0.6) is 0 Å². The lowest BCUT2D eigenvalue weighted by molar-refractivity contribution is 0.0334. The molecule has 3 heteroatoms. The molecule has 0 aromatic heterocycles. The number of nitrogens with two attached hydrogens (primary N) is 1. The summed E-state index contributed by atoms with van der Waals surface area (Å²) >= 11 is 0. The number of rotatable bonds is 3. The molecule has 0 saturated heterocycles. The summed E-state index contributed by atoms with van der Waals surface area (Å²) in [5, 5.41) is 0. The van der Waals surface area contributed by atoms with Gasteiger partial charge in [-0.05, 0) is 44.0 Å².